The van der Waals surface area contributed by atoms with E-state index in [1.54, 1.807) is 0 Å². The van der Waals surface area contributed by atoms with Crippen LogP contribution in [0.2, 0.25) is 0 Å². The monoisotopic (exact) mass is 184 g/mol. The average Bonchev–Trinajstić information content (AvgIpc) is 2.13. The lowest BCUT2D eigenvalue weighted by molar-refractivity contribution is -0.0623. The van der Waals surface area contributed by atoms with Crippen LogP contribution in [0.1, 0.15) is 34.6 Å². The summed E-state index contributed by atoms with van der Waals surface area (Å²) in [5, 5.41) is 0. The molecule has 1 aliphatic rings. The fraction of sp³-hybridized carbons (Fsp3) is 1.00. The second-order valence-corrected chi connectivity index (χ2v) is 4.47. The molecular weight excluding hydrogens is 160 g/mol. The van der Waals surface area contributed by atoms with E-state index in [4.69, 9.17) is 0 Å². The third-order valence-electron chi connectivity index (χ3n) is 4.12. The van der Waals surface area contributed by atoms with Gasteiger partial charge in [-0.25, -0.2) is 0 Å². The third-order valence-corrected chi connectivity index (χ3v) is 4.12. The fourth-order valence-electron chi connectivity index (χ4n) is 2.54. The molecule has 0 bridgehead atoms. The molecule has 13 heavy (non-hydrogen) atoms. The summed E-state index contributed by atoms with van der Waals surface area (Å²) in [6.45, 7) is 12.8. The maximum absolute atomic E-state index is 2.57. The molecule has 0 aromatic rings. The molecule has 1 fully saturated rings. The Morgan fingerprint density at radius 1 is 1.00 bits per heavy atom. The minimum atomic E-state index is 0.589. The van der Waals surface area contributed by atoms with Crippen LogP contribution in [0.25, 0.3) is 0 Å². The Hall–Kier alpha value is -0.0800. The summed E-state index contributed by atoms with van der Waals surface area (Å²) in [6.07, 6.45) is 0.589. The molecule has 1 rings (SSSR count). The number of rotatable bonds is 1. The van der Waals surface area contributed by atoms with E-state index < -0.39 is 0 Å². The normalized spacial score (nSPS) is 43.8. The Bertz CT molecular complexity index is 153. The van der Waals surface area contributed by atoms with Crippen LogP contribution < -0.4 is 0 Å². The highest BCUT2D eigenvalue weighted by atomic mass is 15.4. The van der Waals surface area contributed by atoms with Gasteiger partial charge in [-0.3, -0.25) is 9.80 Å². The predicted octanol–water partition coefficient (Wildman–Crippen LogP) is 2.01. The molecule has 1 aliphatic heterocycles. The third kappa shape index (κ3) is 1.75. The summed E-state index contributed by atoms with van der Waals surface area (Å²) >= 11 is 0. The van der Waals surface area contributed by atoms with Crippen molar-refractivity contribution >= 4 is 0 Å². The van der Waals surface area contributed by atoms with E-state index in [-0.39, 0.29) is 0 Å². The first-order valence-corrected chi connectivity index (χ1v) is 5.48. The predicted molar refractivity (Wildman–Crippen MR) is 57.7 cm³/mol. The Morgan fingerprint density at radius 2 is 1.54 bits per heavy atom. The molecule has 0 N–H and O–H groups in total. The highest BCUT2D eigenvalue weighted by Gasteiger charge is 2.36. The van der Waals surface area contributed by atoms with Crippen molar-refractivity contribution in [1.82, 2.24) is 9.80 Å². The average molecular weight is 184 g/mol. The van der Waals surface area contributed by atoms with Crippen LogP contribution in [0.4, 0.5) is 0 Å². The number of nitrogens with zero attached hydrogens (tertiary/aromatic N) is 2. The second-order valence-electron chi connectivity index (χ2n) is 4.47. The highest BCUT2D eigenvalue weighted by molar-refractivity contribution is 4.89. The molecule has 4 atom stereocenters. The van der Waals surface area contributed by atoms with Gasteiger partial charge in [0.1, 0.15) is 0 Å². The maximum Gasteiger partial charge on any atom is 0.0595 e. The van der Waals surface area contributed by atoms with Gasteiger partial charge in [0.05, 0.1) is 6.17 Å². The zero-order valence-electron chi connectivity index (χ0n) is 9.91. The summed E-state index contributed by atoms with van der Waals surface area (Å²) in [7, 11) is 2.24. The topological polar surface area (TPSA) is 6.48 Å². The largest absolute Gasteiger partial charge is 0.288 e. The van der Waals surface area contributed by atoms with E-state index in [0.29, 0.717) is 18.2 Å². The first kappa shape index (κ1) is 11.0. The van der Waals surface area contributed by atoms with Crippen molar-refractivity contribution in [2.24, 2.45) is 5.92 Å². The van der Waals surface area contributed by atoms with Crippen molar-refractivity contribution in [3.05, 3.63) is 0 Å². The van der Waals surface area contributed by atoms with Crippen molar-refractivity contribution in [3.8, 4) is 0 Å². The van der Waals surface area contributed by atoms with E-state index >= 15 is 0 Å². The van der Waals surface area contributed by atoms with Crippen molar-refractivity contribution in [3.63, 3.8) is 0 Å². The minimum absolute atomic E-state index is 0.589. The molecule has 0 radical (unpaired) electrons. The van der Waals surface area contributed by atoms with Crippen LogP contribution in [-0.4, -0.2) is 41.6 Å². The SMILES string of the molecule is CCN1C(C)N(C)[C@@H](C)[C@@H](C)[C@H]1C. The lowest BCUT2D eigenvalue weighted by atomic mass is 9.90. The molecule has 0 saturated carbocycles. The lowest BCUT2D eigenvalue weighted by Crippen LogP contribution is -2.61. The summed E-state index contributed by atoms with van der Waals surface area (Å²) in [5.74, 6) is 0.765. The van der Waals surface area contributed by atoms with Crippen LogP contribution in [0.3, 0.4) is 0 Å². The van der Waals surface area contributed by atoms with Crippen molar-refractivity contribution in [2.75, 3.05) is 13.6 Å². The zero-order chi connectivity index (χ0) is 10.2. The lowest BCUT2D eigenvalue weighted by Gasteiger charge is -2.51. The first-order valence-electron chi connectivity index (χ1n) is 5.48. The molecule has 78 valence electrons. The standard InChI is InChI=1S/C11H24N2/c1-7-13-10(4)8(2)9(3)12(6)11(13)5/h8-11H,7H2,1-6H3/t8-,9+,10-,11?/m1/s1. The molecule has 0 aromatic carbocycles. The van der Waals surface area contributed by atoms with Crippen molar-refractivity contribution in [1.29, 1.82) is 0 Å². The van der Waals surface area contributed by atoms with E-state index in [1.807, 2.05) is 0 Å². The van der Waals surface area contributed by atoms with E-state index in [9.17, 15) is 0 Å². The molecule has 0 spiro atoms. The molecule has 1 heterocycles. The molecular formula is C11H24N2. The molecule has 0 amide bonds. The Morgan fingerprint density at radius 3 is 2.00 bits per heavy atom. The Kier molecular flexibility index (Phi) is 3.36. The van der Waals surface area contributed by atoms with Gasteiger partial charge in [-0.1, -0.05) is 13.8 Å². The summed E-state index contributed by atoms with van der Waals surface area (Å²) in [5.41, 5.74) is 0. The fourth-order valence-corrected chi connectivity index (χ4v) is 2.54. The molecule has 1 saturated heterocycles. The van der Waals surface area contributed by atoms with E-state index in [1.165, 1.54) is 0 Å². The Balaban J connectivity index is 2.79. The van der Waals surface area contributed by atoms with Gasteiger partial charge in [-0.05, 0) is 40.3 Å². The van der Waals surface area contributed by atoms with Gasteiger partial charge < -0.3 is 0 Å². The van der Waals surface area contributed by atoms with Gasteiger partial charge in [-0.2, -0.15) is 0 Å². The van der Waals surface area contributed by atoms with E-state index in [2.05, 4.69) is 51.5 Å². The molecule has 0 aromatic heterocycles. The van der Waals surface area contributed by atoms with Gasteiger partial charge in [0.2, 0.25) is 0 Å². The first-order chi connectivity index (χ1) is 6.00. The van der Waals surface area contributed by atoms with Gasteiger partial charge in [0.25, 0.3) is 0 Å². The van der Waals surface area contributed by atoms with Crippen molar-refractivity contribution in [2.45, 2.75) is 52.9 Å². The second kappa shape index (κ2) is 3.97. The van der Waals surface area contributed by atoms with Crippen LogP contribution in [-0.2, 0) is 0 Å². The van der Waals surface area contributed by atoms with Gasteiger partial charge >= 0.3 is 0 Å². The molecule has 0 aliphatic carbocycles. The highest BCUT2D eigenvalue weighted by Crippen LogP contribution is 2.27. The van der Waals surface area contributed by atoms with Gasteiger partial charge in [0, 0.05) is 12.1 Å². The maximum atomic E-state index is 2.57. The molecule has 1 unspecified atom stereocenters. The van der Waals surface area contributed by atoms with Gasteiger partial charge in [-0.15, -0.1) is 0 Å². The zero-order valence-corrected chi connectivity index (χ0v) is 9.91. The number of hydrogen-bond donors (Lipinski definition) is 0. The van der Waals surface area contributed by atoms with Crippen LogP contribution in [0, 0.1) is 5.92 Å². The van der Waals surface area contributed by atoms with Crippen molar-refractivity contribution < 1.29 is 0 Å². The molecule has 2 nitrogen and oxygen atoms in total. The quantitative estimate of drug-likeness (QED) is 0.615. The minimum Gasteiger partial charge on any atom is -0.288 e. The van der Waals surface area contributed by atoms with Gasteiger partial charge in [0.15, 0.2) is 0 Å². The molecule has 2 heteroatoms. The van der Waals surface area contributed by atoms with Crippen LogP contribution in [0.15, 0.2) is 0 Å². The van der Waals surface area contributed by atoms with Crippen LogP contribution in [0.5, 0.6) is 0 Å². The summed E-state index contributed by atoms with van der Waals surface area (Å²) in [6, 6.07) is 1.42. The summed E-state index contributed by atoms with van der Waals surface area (Å²) in [4.78, 5) is 5.05. The smallest absolute Gasteiger partial charge is 0.0595 e. The summed E-state index contributed by atoms with van der Waals surface area (Å²) < 4.78 is 0. The number of hydrogen-bond acceptors (Lipinski definition) is 2. The Labute approximate surface area is 82.9 Å². The van der Waals surface area contributed by atoms with Crippen LogP contribution >= 0.6 is 0 Å². The van der Waals surface area contributed by atoms with E-state index in [0.717, 1.165) is 12.5 Å².